The van der Waals surface area contributed by atoms with E-state index in [-0.39, 0.29) is 10.3 Å². The molecule has 0 saturated carbocycles. The highest BCUT2D eigenvalue weighted by Gasteiger charge is 2.13. The van der Waals surface area contributed by atoms with Crippen molar-refractivity contribution < 1.29 is 13.2 Å². The topological polar surface area (TPSA) is 43.4 Å². The van der Waals surface area contributed by atoms with E-state index in [4.69, 9.17) is 15.4 Å². The molecule has 0 atom stereocenters. The lowest BCUT2D eigenvalue weighted by molar-refractivity contribution is 0.481. The van der Waals surface area contributed by atoms with Crippen LogP contribution in [-0.4, -0.2) is 8.42 Å². The second-order valence-corrected chi connectivity index (χ2v) is 8.35. The first-order valence-corrected chi connectivity index (χ1v) is 8.80. The molecule has 0 saturated heterocycles. The van der Waals surface area contributed by atoms with Crippen molar-refractivity contribution in [2.45, 2.75) is 31.1 Å². The Hall–Kier alpha value is -1.52. The van der Waals surface area contributed by atoms with Gasteiger partial charge < -0.3 is 4.74 Å². The molecule has 0 bridgehead atoms. The summed E-state index contributed by atoms with van der Waals surface area (Å²) in [5, 5.41) is 0. The zero-order chi connectivity index (χ0) is 15.7. The van der Waals surface area contributed by atoms with Crippen molar-refractivity contribution in [1.29, 1.82) is 0 Å². The minimum Gasteiger partial charge on any atom is -0.457 e. The van der Waals surface area contributed by atoms with E-state index >= 15 is 0 Å². The maximum atomic E-state index is 11.2. The van der Waals surface area contributed by atoms with Gasteiger partial charge in [-0.15, -0.1) is 0 Å². The summed E-state index contributed by atoms with van der Waals surface area (Å²) in [6, 6.07) is 13.8. The molecule has 0 aliphatic rings. The number of hydrogen-bond donors (Lipinski definition) is 0. The third-order valence-corrected chi connectivity index (χ3v) is 4.43. The van der Waals surface area contributed by atoms with E-state index < -0.39 is 9.05 Å². The van der Waals surface area contributed by atoms with Crippen molar-refractivity contribution in [3.05, 3.63) is 54.1 Å². The molecule has 2 aromatic rings. The first-order chi connectivity index (χ1) is 9.66. The molecule has 0 unspecified atom stereocenters. The molecule has 2 aromatic carbocycles. The third kappa shape index (κ3) is 4.22. The van der Waals surface area contributed by atoms with Gasteiger partial charge in [0.1, 0.15) is 11.5 Å². The van der Waals surface area contributed by atoms with E-state index in [1.807, 2.05) is 24.3 Å². The Balaban J connectivity index is 2.15. The van der Waals surface area contributed by atoms with Gasteiger partial charge in [0, 0.05) is 10.7 Å². The maximum Gasteiger partial charge on any atom is 0.261 e. The molecule has 0 N–H and O–H groups in total. The van der Waals surface area contributed by atoms with Crippen molar-refractivity contribution in [2.24, 2.45) is 0 Å². The van der Waals surface area contributed by atoms with E-state index in [9.17, 15) is 8.42 Å². The number of ether oxygens (including phenoxy) is 1. The fourth-order valence-electron chi connectivity index (χ4n) is 1.83. The van der Waals surface area contributed by atoms with Crippen molar-refractivity contribution in [3.63, 3.8) is 0 Å². The molecule has 21 heavy (non-hydrogen) atoms. The van der Waals surface area contributed by atoms with E-state index in [2.05, 4.69) is 20.8 Å². The summed E-state index contributed by atoms with van der Waals surface area (Å²) in [4.78, 5) is 0.0552. The van der Waals surface area contributed by atoms with Gasteiger partial charge in [-0.2, -0.15) is 0 Å². The predicted molar refractivity (Wildman–Crippen MR) is 84.7 cm³/mol. The molecule has 112 valence electrons. The molecule has 0 aliphatic carbocycles. The van der Waals surface area contributed by atoms with Crippen molar-refractivity contribution in [2.75, 3.05) is 0 Å². The lowest BCUT2D eigenvalue weighted by Gasteiger charge is -2.19. The highest BCUT2D eigenvalue weighted by molar-refractivity contribution is 8.13. The lowest BCUT2D eigenvalue weighted by Crippen LogP contribution is -2.10. The van der Waals surface area contributed by atoms with Crippen LogP contribution in [0.2, 0.25) is 0 Å². The Kier molecular flexibility index (Phi) is 4.30. The quantitative estimate of drug-likeness (QED) is 0.768. The molecular formula is C16H17ClO3S. The minimum atomic E-state index is -3.70. The molecule has 0 spiro atoms. The Labute approximate surface area is 129 Å². The van der Waals surface area contributed by atoms with Gasteiger partial charge in [0.05, 0.1) is 4.90 Å². The Bertz CT molecular complexity index is 712. The van der Waals surface area contributed by atoms with E-state index in [0.29, 0.717) is 11.5 Å². The van der Waals surface area contributed by atoms with Gasteiger partial charge in [-0.3, -0.25) is 0 Å². The first kappa shape index (κ1) is 15.9. The van der Waals surface area contributed by atoms with Gasteiger partial charge in [0.25, 0.3) is 9.05 Å². The monoisotopic (exact) mass is 324 g/mol. The zero-order valence-electron chi connectivity index (χ0n) is 12.1. The summed E-state index contributed by atoms with van der Waals surface area (Å²) in [6.07, 6.45) is 0. The number of hydrogen-bond acceptors (Lipinski definition) is 3. The van der Waals surface area contributed by atoms with Gasteiger partial charge in [-0.25, -0.2) is 8.42 Å². The highest BCUT2D eigenvalue weighted by atomic mass is 35.7. The van der Waals surface area contributed by atoms with Crippen LogP contribution in [0.15, 0.2) is 53.4 Å². The van der Waals surface area contributed by atoms with E-state index in [1.165, 1.54) is 17.7 Å². The molecule has 0 heterocycles. The van der Waals surface area contributed by atoms with Crippen molar-refractivity contribution in [1.82, 2.24) is 0 Å². The Morgan fingerprint density at radius 2 is 1.29 bits per heavy atom. The van der Waals surface area contributed by atoms with Crippen LogP contribution >= 0.6 is 10.7 Å². The van der Waals surface area contributed by atoms with E-state index in [0.717, 1.165) is 0 Å². The molecule has 3 nitrogen and oxygen atoms in total. The SMILES string of the molecule is CC(C)(C)c1ccc(Oc2ccc(S(=O)(=O)Cl)cc2)cc1. The van der Waals surface area contributed by atoms with Crippen LogP contribution < -0.4 is 4.74 Å². The molecule has 0 fully saturated rings. The normalized spacial score (nSPS) is 12.2. The number of benzene rings is 2. The standard InChI is InChI=1S/C16H17ClO3S/c1-16(2,3)12-4-6-13(7-5-12)20-14-8-10-15(11-9-14)21(17,18)19/h4-11H,1-3H3. The maximum absolute atomic E-state index is 11.2. The summed E-state index contributed by atoms with van der Waals surface area (Å²) >= 11 is 0. The molecule has 5 heteroatoms. The summed E-state index contributed by atoms with van der Waals surface area (Å²) < 4.78 is 28.0. The van der Waals surface area contributed by atoms with Crippen molar-refractivity contribution >= 4 is 19.7 Å². The van der Waals surface area contributed by atoms with Gasteiger partial charge in [-0.05, 0) is 47.4 Å². The first-order valence-electron chi connectivity index (χ1n) is 6.49. The summed E-state index contributed by atoms with van der Waals surface area (Å²) in [5.41, 5.74) is 1.31. The van der Waals surface area contributed by atoms with Gasteiger partial charge in [0.15, 0.2) is 0 Å². The molecular weight excluding hydrogens is 308 g/mol. The molecule has 0 aromatic heterocycles. The third-order valence-electron chi connectivity index (χ3n) is 3.06. The zero-order valence-corrected chi connectivity index (χ0v) is 13.7. The molecule has 0 radical (unpaired) electrons. The smallest absolute Gasteiger partial charge is 0.261 e. The average molecular weight is 325 g/mol. The largest absolute Gasteiger partial charge is 0.457 e. The second-order valence-electron chi connectivity index (χ2n) is 5.79. The second kappa shape index (κ2) is 5.70. The van der Waals surface area contributed by atoms with Crippen LogP contribution in [0.1, 0.15) is 26.3 Å². The van der Waals surface area contributed by atoms with E-state index in [1.54, 1.807) is 12.1 Å². The van der Waals surface area contributed by atoms with Crippen LogP contribution in [0, 0.1) is 0 Å². The summed E-state index contributed by atoms with van der Waals surface area (Å²) in [6.45, 7) is 6.44. The summed E-state index contributed by atoms with van der Waals surface area (Å²) in [5.74, 6) is 1.26. The molecule has 2 rings (SSSR count). The molecule has 0 amide bonds. The van der Waals surface area contributed by atoms with Crippen LogP contribution in [0.3, 0.4) is 0 Å². The van der Waals surface area contributed by atoms with Gasteiger partial charge >= 0.3 is 0 Å². The minimum absolute atomic E-state index is 0.0552. The van der Waals surface area contributed by atoms with Crippen LogP contribution in [0.5, 0.6) is 11.5 Å². The fraction of sp³-hybridized carbons (Fsp3) is 0.250. The summed E-state index contributed by atoms with van der Waals surface area (Å²) in [7, 11) is 1.56. The average Bonchev–Trinajstić information content (AvgIpc) is 2.38. The van der Waals surface area contributed by atoms with Crippen molar-refractivity contribution in [3.8, 4) is 11.5 Å². The highest BCUT2D eigenvalue weighted by Crippen LogP contribution is 2.27. The lowest BCUT2D eigenvalue weighted by atomic mass is 9.87. The Morgan fingerprint density at radius 1 is 0.857 bits per heavy atom. The fourth-order valence-corrected chi connectivity index (χ4v) is 2.60. The van der Waals surface area contributed by atoms with Crippen LogP contribution in [0.4, 0.5) is 0 Å². The number of halogens is 1. The predicted octanol–water partition coefficient (Wildman–Crippen LogP) is 4.70. The van der Waals surface area contributed by atoms with Gasteiger partial charge in [0.2, 0.25) is 0 Å². The Morgan fingerprint density at radius 3 is 1.67 bits per heavy atom. The van der Waals surface area contributed by atoms with Gasteiger partial charge in [-0.1, -0.05) is 32.9 Å². The molecule has 0 aliphatic heterocycles. The number of rotatable bonds is 3. The van der Waals surface area contributed by atoms with Crippen LogP contribution in [0.25, 0.3) is 0 Å². The van der Waals surface area contributed by atoms with Crippen LogP contribution in [-0.2, 0) is 14.5 Å².